The van der Waals surface area contributed by atoms with E-state index >= 15 is 0 Å². The van der Waals surface area contributed by atoms with Crippen molar-refractivity contribution in [3.63, 3.8) is 0 Å². The van der Waals surface area contributed by atoms with Crippen molar-refractivity contribution in [1.29, 1.82) is 0 Å². The molecule has 0 saturated carbocycles. The number of allylic oxidation sites excluding steroid dienone is 2. The summed E-state index contributed by atoms with van der Waals surface area (Å²) in [5, 5.41) is 24.2. The number of benzene rings is 2. The normalized spacial score (nSPS) is 11.1. The third-order valence-electron chi connectivity index (χ3n) is 3.54. The van der Waals surface area contributed by atoms with Gasteiger partial charge in [-0.1, -0.05) is 6.07 Å². The minimum absolute atomic E-state index is 0.00798. The van der Waals surface area contributed by atoms with Gasteiger partial charge in [0.2, 0.25) is 0 Å². The Morgan fingerprint density at radius 3 is 1.89 bits per heavy atom. The molecule has 7 heteroatoms. The van der Waals surface area contributed by atoms with E-state index < -0.39 is 0 Å². The summed E-state index contributed by atoms with van der Waals surface area (Å²) in [5.41, 5.74) is 1.34. The average molecular weight is 600 g/mol. The molecule has 0 unspecified atom stereocenters. The van der Waals surface area contributed by atoms with Crippen molar-refractivity contribution in [2.45, 2.75) is 6.42 Å². The summed E-state index contributed by atoms with van der Waals surface area (Å²) < 4.78 is 5.81. The smallest absolute Gasteiger partial charge is 0.157 e. The zero-order chi connectivity index (χ0) is 19.8. The number of carbonyl (C=O) groups is 2. The van der Waals surface area contributed by atoms with E-state index in [0.717, 1.165) is 0 Å². The molecule has 0 atom stereocenters. The topological polar surface area (TPSA) is 93.1 Å². The van der Waals surface area contributed by atoms with Crippen LogP contribution in [0.2, 0.25) is 0 Å². The van der Waals surface area contributed by atoms with Crippen LogP contribution in [-0.2, 0) is 9.59 Å². The van der Waals surface area contributed by atoms with E-state index in [0.29, 0.717) is 22.6 Å². The van der Waals surface area contributed by atoms with Crippen molar-refractivity contribution in [3.05, 3.63) is 59.7 Å². The van der Waals surface area contributed by atoms with Crippen LogP contribution in [0.15, 0.2) is 48.6 Å². The number of carbonyl (C=O) groups excluding carboxylic acids is 2. The molecule has 2 aromatic rings. The van der Waals surface area contributed by atoms with Crippen molar-refractivity contribution < 1.29 is 29.6 Å². The molecule has 0 spiro atoms. The van der Waals surface area contributed by atoms with Crippen LogP contribution in [-0.4, -0.2) is 28.9 Å². The van der Waals surface area contributed by atoms with Crippen LogP contribution in [0.4, 0.5) is 0 Å². The van der Waals surface area contributed by atoms with Gasteiger partial charge in [0.1, 0.15) is 0 Å². The zero-order valence-corrected chi connectivity index (χ0v) is 17.3. The van der Waals surface area contributed by atoms with Gasteiger partial charge in [0.05, 0.1) is 7.11 Å². The second-order valence-corrected chi connectivity index (χ2v) is 6.11. The summed E-state index contributed by atoms with van der Waals surface area (Å²) in [6.45, 7) is 0. The predicted octanol–water partition coefficient (Wildman–Crippen LogP) is 3.20. The first-order chi connectivity index (χ1) is 12.9. The molecule has 6 nitrogen and oxygen atoms in total. The molecule has 27 heavy (non-hydrogen) atoms. The van der Waals surface area contributed by atoms with Crippen molar-refractivity contribution >= 4 is 23.7 Å². The molecule has 0 aliphatic rings. The molecule has 2 aromatic carbocycles. The molecule has 0 bridgehead atoms. The number of methoxy groups -OCH3 is 1. The second-order valence-electron chi connectivity index (χ2n) is 5.51. The van der Waals surface area contributed by atoms with Gasteiger partial charge < -0.3 is 9.84 Å². The monoisotopic (exact) mass is 596 g/mol. The molecule has 2 N–H and O–H groups in total. The second kappa shape index (κ2) is 8.53. The van der Waals surface area contributed by atoms with Crippen molar-refractivity contribution in [2.75, 3.05) is 7.11 Å². The molecule has 0 heterocycles. The van der Waals surface area contributed by atoms with E-state index in [-0.39, 0.29) is 29.5 Å². The fourth-order valence-electron chi connectivity index (χ4n) is 2.16. The summed E-state index contributed by atoms with van der Waals surface area (Å²) in [7, 11) is 1.43. The van der Waals surface area contributed by atoms with Gasteiger partial charge in [0, 0.05) is 0 Å². The Kier molecular flexibility index (Phi) is 5.93. The van der Waals surface area contributed by atoms with Crippen LogP contribution in [0.25, 0.3) is 12.2 Å². The number of ether oxygens (including phenoxy) is 1. The van der Waals surface area contributed by atoms with Gasteiger partial charge in [-0.15, -0.1) is 0 Å². The van der Waals surface area contributed by atoms with Crippen LogP contribution in [0.5, 0.6) is 23.0 Å². The Morgan fingerprint density at radius 2 is 1.41 bits per heavy atom. The molecular formula is C20H17CmO6. The molecule has 0 aliphatic carbocycles. The zero-order valence-electron chi connectivity index (χ0n) is 14.4. The maximum absolute atomic E-state index is 11.9. The van der Waals surface area contributed by atoms with E-state index in [1.54, 1.807) is 36.4 Å². The largest absolute Gasteiger partial charge is 0.504 e. The Bertz CT molecular complexity index is 828. The standard InChI is InChI=1S/C20H18O6.Cm/c1-26-20-11-14(5-9-18(20)24)3-7-16(22)12-15(21)6-2-13-4-8-17(23)19(25)10-13;/h2-11,23-25H,12H2,1H3;/q;+1/p-1/b6-2+,7-3+;. The van der Waals surface area contributed by atoms with Gasteiger partial charge in [0.15, 0.2) is 11.5 Å². The molecule has 0 aliphatic heterocycles. The van der Waals surface area contributed by atoms with E-state index in [9.17, 15) is 19.8 Å². The van der Waals surface area contributed by atoms with Crippen molar-refractivity contribution in [3.8, 4) is 23.0 Å². The minimum Gasteiger partial charge on any atom is -0.504 e. The summed E-state index contributed by atoms with van der Waals surface area (Å²) in [4.78, 5) is 23.9. The summed E-state index contributed by atoms with van der Waals surface area (Å²) in [6.07, 6.45) is 5.47. The van der Waals surface area contributed by atoms with Gasteiger partial charge in [-0.25, -0.2) is 0 Å². The van der Waals surface area contributed by atoms with E-state index in [2.05, 4.69) is 0 Å². The maximum atomic E-state index is 11.9. The Balaban J connectivity index is 1.96. The molecule has 0 fully saturated rings. The van der Waals surface area contributed by atoms with Crippen molar-refractivity contribution in [2.24, 2.45) is 0 Å². The summed E-state index contributed by atoms with van der Waals surface area (Å²) in [6, 6.07) is 9.39. The quantitative estimate of drug-likeness (QED) is 0.358. The Hall–Kier alpha value is -4.54. The SMILES string of the molecule is COc1cc(/C=C/C(=O)CC(=O)/C=C/c2ccc(O)c([O][Cm])c2)ccc1O. The average Bonchev–Trinajstić information content (AvgIpc) is 2.66. The van der Waals surface area contributed by atoms with Crippen LogP contribution >= 0.6 is 0 Å². The van der Waals surface area contributed by atoms with E-state index in [1.165, 1.54) is 31.4 Å². The van der Waals surface area contributed by atoms with Crippen LogP contribution in [0.1, 0.15) is 17.5 Å². The Labute approximate surface area is 150 Å². The van der Waals surface area contributed by atoms with Gasteiger partial charge in [-0.05, 0) is 12.1 Å². The number of hydrogen-bond acceptors (Lipinski definition) is 6. The third-order valence-corrected chi connectivity index (χ3v) is 4.18. The van der Waals surface area contributed by atoms with E-state index in [1.807, 2.05) is 0 Å². The molecule has 141 valence electrons. The number of ketones is 2. The molecule has 2 rings (SSSR count). The van der Waals surface area contributed by atoms with Crippen LogP contribution in [0, 0.1) is 0 Å². The fraction of sp³-hybridized carbons (Fsp3) is 0.100. The van der Waals surface area contributed by atoms with Gasteiger partial charge >= 0.3 is 103 Å². The number of aromatic hydroxyl groups is 2. The summed E-state index contributed by atoms with van der Waals surface area (Å²) >= 11 is 0. The first kappa shape index (κ1) is 18.8. The predicted molar refractivity (Wildman–Crippen MR) is 96.1 cm³/mol. The number of rotatable bonds is 8. The maximum Gasteiger partial charge on any atom is 0.157 e. The molecule has 0 aromatic heterocycles. The first-order valence-corrected chi connectivity index (χ1v) is 9.02. The first-order valence-electron chi connectivity index (χ1n) is 7.82. The fourth-order valence-corrected chi connectivity index (χ4v) is 2.64. The number of phenols is 2. The molecule has 0 amide bonds. The van der Waals surface area contributed by atoms with Crippen LogP contribution in [0.3, 0.4) is 0 Å². The van der Waals surface area contributed by atoms with Gasteiger partial charge in [-0.3, -0.25) is 0 Å². The molecule has 0 radical (unpaired) electrons. The van der Waals surface area contributed by atoms with Gasteiger partial charge in [-0.2, -0.15) is 0 Å². The number of phenolic OH excluding ortho intramolecular Hbond substituents is 2. The van der Waals surface area contributed by atoms with Crippen LogP contribution < -0.4 is 9.84 Å². The molecular weight excluding hydrogens is 583 g/mol. The minimum atomic E-state index is -0.344. The van der Waals surface area contributed by atoms with E-state index in [4.69, 9.17) is 9.84 Å². The van der Waals surface area contributed by atoms with Gasteiger partial charge in [0.25, 0.3) is 0 Å². The summed E-state index contributed by atoms with van der Waals surface area (Å²) in [5.74, 6) is -0.0112. The molecule has 0 saturated heterocycles. The van der Waals surface area contributed by atoms with Crippen molar-refractivity contribution in [1.82, 2.24) is 0 Å². The number of hydrogen-bond donors (Lipinski definition) is 2. The Morgan fingerprint density at radius 1 is 0.926 bits per heavy atom. The third kappa shape index (κ3) is 5.22.